The van der Waals surface area contributed by atoms with Gasteiger partial charge in [0.1, 0.15) is 5.82 Å². The van der Waals surface area contributed by atoms with Crippen LogP contribution in [0.25, 0.3) is 0 Å². The number of likely N-dealkylation sites (tertiary alicyclic amines) is 1. The van der Waals surface area contributed by atoms with Gasteiger partial charge in [-0.25, -0.2) is 4.39 Å². The van der Waals surface area contributed by atoms with Crippen molar-refractivity contribution in [1.82, 2.24) is 9.88 Å². The minimum Gasteiger partial charge on any atom is -0.366 e. The average Bonchev–Trinajstić information content (AvgIpc) is 2.87. The molecule has 0 amide bonds. The van der Waals surface area contributed by atoms with Gasteiger partial charge in [0.15, 0.2) is 0 Å². The zero-order valence-corrected chi connectivity index (χ0v) is 16.0. The molecule has 3 nitrogen and oxygen atoms in total. The Kier molecular flexibility index (Phi) is 4.47. The van der Waals surface area contributed by atoms with Crippen LogP contribution in [0, 0.1) is 12.7 Å². The minimum atomic E-state index is -0.143. The fourth-order valence-electron chi connectivity index (χ4n) is 4.47. The molecular formula is C22H28FN3. The highest BCUT2D eigenvalue weighted by Gasteiger charge is 2.40. The number of hydrogen-bond acceptors (Lipinski definition) is 3. The molecule has 1 aromatic carbocycles. The first kappa shape index (κ1) is 17.5. The summed E-state index contributed by atoms with van der Waals surface area (Å²) in [5.41, 5.74) is 4.85. The van der Waals surface area contributed by atoms with Crippen molar-refractivity contribution in [3.8, 4) is 0 Å². The lowest BCUT2D eigenvalue weighted by molar-refractivity contribution is 0.200. The van der Waals surface area contributed by atoms with Crippen molar-refractivity contribution in [1.29, 1.82) is 0 Å². The molecule has 0 atom stereocenters. The van der Waals surface area contributed by atoms with Crippen molar-refractivity contribution < 1.29 is 4.39 Å². The zero-order chi connectivity index (χ0) is 18.3. The number of rotatable bonds is 3. The van der Waals surface area contributed by atoms with E-state index in [0.717, 1.165) is 50.3 Å². The van der Waals surface area contributed by atoms with Gasteiger partial charge in [-0.3, -0.25) is 9.88 Å². The summed E-state index contributed by atoms with van der Waals surface area (Å²) < 4.78 is 13.4. The van der Waals surface area contributed by atoms with Crippen molar-refractivity contribution in [2.45, 2.75) is 51.6 Å². The van der Waals surface area contributed by atoms with E-state index < -0.39 is 0 Å². The number of fused-ring (bicyclic) bond motifs is 1. The maximum Gasteiger partial charge on any atom is 0.123 e. The van der Waals surface area contributed by atoms with Gasteiger partial charge < -0.3 is 4.90 Å². The molecule has 0 bridgehead atoms. The SMILES string of the molecule is Cc1ccc2c(n1)C(C)(C)CN2C1CCN(Cc2cccc(F)c2)CC1. The summed E-state index contributed by atoms with van der Waals surface area (Å²) >= 11 is 0. The Morgan fingerprint density at radius 1 is 1.15 bits per heavy atom. The lowest BCUT2D eigenvalue weighted by atomic mass is 9.91. The Labute approximate surface area is 155 Å². The number of piperidine rings is 1. The van der Waals surface area contributed by atoms with Gasteiger partial charge >= 0.3 is 0 Å². The van der Waals surface area contributed by atoms with Crippen LogP contribution in [0.15, 0.2) is 36.4 Å². The summed E-state index contributed by atoms with van der Waals surface area (Å²) in [6.07, 6.45) is 2.30. The van der Waals surface area contributed by atoms with E-state index in [1.54, 1.807) is 12.1 Å². The van der Waals surface area contributed by atoms with Gasteiger partial charge in [-0.2, -0.15) is 0 Å². The Morgan fingerprint density at radius 3 is 2.65 bits per heavy atom. The fraction of sp³-hybridized carbons (Fsp3) is 0.500. The summed E-state index contributed by atoms with van der Waals surface area (Å²) in [6.45, 7) is 10.7. The highest BCUT2D eigenvalue weighted by molar-refractivity contribution is 5.60. The molecule has 138 valence electrons. The van der Waals surface area contributed by atoms with Gasteiger partial charge in [-0.1, -0.05) is 26.0 Å². The third kappa shape index (κ3) is 3.35. The number of pyridine rings is 1. The molecule has 4 rings (SSSR count). The van der Waals surface area contributed by atoms with Gasteiger partial charge in [0.2, 0.25) is 0 Å². The second-order valence-corrected chi connectivity index (χ2v) is 8.47. The molecule has 2 aromatic rings. The first-order valence-corrected chi connectivity index (χ1v) is 9.64. The third-order valence-corrected chi connectivity index (χ3v) is 5.82. The normalized spacial score (nSPS) is 20.4. The van der Waals surface area contributed by atoms with Crippen LogP contribution in [0.3, 0.4) is 0 Å². The van der Waals surface area contributed by atoms with Crippen molar-refractivity contribution in [3.05, 3.63) is 59.2 Å². The molecule has 2 aliphatic rings. The van der Waals surface area contributed by atoms with Crippen LogP contribution in [-0.4, -0.2) is 35.6 Å². The van der Waals surface area contributed by atoms with Crippen molar-refractivity contribution in [2.75, 3.05) is 24.5 Å². The van der Waals surface area contributed by atoms with Crippen LogP contribution in [0.4, 0.5) is 10.1 Å². The quantitative estimate of drug-likeness (QED) is 0.820. The molecule has 26 heavy (non-hydrogen) atoms. The second kappa shape index (κ2) is 6.66. The summed E-state index contributed by atoms with van der Waals surface area (Å²) in [7, 11) is 0. The standard InChI is InChI=1S/C22H28FN3/c1-16-7-8-20-21(24-16)22(2,3)15-26(20)19-9-11-25(12-10-19)14-17-5-4-6-18(23)13-17/h4-8,13,19H,9-12,14-15H2,1-3H3. The molecule has 0 unspecified atom stereocenters. The summed E-state index contributed by atoms with van der Waals surface area (Å²) in [6, 6.07) is 11.9. The van der Waals surface area contributed by atoms with Crippen LogP contribution < -0.4 is 4.90 Å². The van der Waals surface area contributed by atoms with Crippen LogP contribution in [0.2, 0.25) is 0 Å². The smallest absolute Gasteiger partial charge is 0.123 e. The molecular weight excluding hydrogens is 325 g/mol. The van der Waals surface area contributed by atoms with Crippen LogP contribution in [0.1, 0.15) is 43.6 Å². The minimum absolute atomic E-state index is 0.111. The maximum absolute atomic E-state index is 13.4. The number of nitrogens with zero attached hydrogens (tertiary/aromatic N) is 3. The van der Waals surface area contributed by atoms with Gasteiger partial charge in [-0.05, 0) is 49.6 Å². The summed E-state index contributed by atoms with van der Waals surface area (Å²) in [5.74, 6) is -0.143. The molecule has 0 aliphatic carbocycles. The van der Waals surface area contributed by atoms with Gasteiger partial charge in [-0.15, -0.1) is 0 Å². The summed E-state index contributed by atoms with van der Waals surface area (Å²) in [4.78, 5) is 9.87. The molecule has 0 N–H and O–H groups in total. The third-order valence-electron chi connectivity index (χ3n) is 5.82. The van der Waals surface area contributed by atoms with E-state index >= 15 is 0 Å². The Balaban J connectivity index is 1.43. The predicted molar refractivity (Wildman–Crippen MR) is 104 cm³/mol. The lowest BCUT2D eigenvalue weighted by Crippen LogP contribution is -2.45. The number of hydrogen-bond donors (Lipinski definition) is 0. The largest absolute Gasteiger partial charge is 0.366 e. The van der Waals surface area contributed by atoms with Crippen molar-refractivity contribution in [3.63, 3.8) is 0 Å². The van der Waals surface area contributed by atoms with E-state index in [-0.39, 0.29) is 11.2 Å². The molecule has 3 heterocycles. The van der Waals surface area contributed by atoms with E-state index in [4.69, 9.17) is 4.98 Å². The Morgan fingerprint density at radius 2 is 1.92 bits per heavy atom. The van der Waals surface area contributed by atoms with Crippen molar-refractivity contribution in [2.24, 2.45) is 0 Å². The van der Waals surface area contributed by atoms with Crippen LogP contribution >= 0.6 is 0 Å². The van der Waals surface area contributed by atoms with Gasteiger partial charge in [0, 0.05) is 43.3 Å². The zero-order valence-electron chi connectivity index (χ0n) is 16.0. The van der Waals surface area contributed by atoms with E-state index in [0.29, 0.717) is 6.04 Å². The topological polar surface area (TPSA) is 19.4 Å². The van der Waals surface area contributed by atoms with E-state index in [1.165, 1.54) is 17.4 Å². The number of aryl methyl sites for hydroxylation is 1. The molecule has 4 heteroatoms. The number of aromatic nitrogens is 1. The molecule has 0 radical (unpaired) electrons. The molecule has 1 aromatic heterocycles. The molecule has 0 saturated carbocycles. The highest BCUT2D eigenvalue weighted by Crippen LogP contribution is 2.41. The van der Waals surface area contributed by atoms with Crippen LogP contribution in [0.5, 0.6) is 0 Å². The molecule has 1 fully saturated rings. The van der Waals surface area contributed by atoms with E-state index in [9.17, 15) is 4.39 Å². The Hall–Kier alpha value is -1.94. The average molecular weight is 353 g/mol. The molecule has 0 spiro atoms. The number of benzene rings is 1. The fourth-order valence-corrected chi connectivity index (χ4v) is 4.47. The molecule has 1 saturated heterocycles. The highest BCUT2D eigenvalue weighted by atomic mass is 19.1. The van der Waals surface area contributed by atoms with E-state index in [2.05, 4.69) is 42.7 Å². The van der Waals surface area contributed by atoms with E-state index in [1.807, 2.05) is 6.07 Å². The first-order chi connectivity index (χ1) is 12.4. The van der Waals surface area contributed by atoms with Gasteiger partial charge in [0.05, 0.1) is 11.4 Å². The number of halogens is 1. The predicted octanol–water partition coefficient (Wildman–Crippen LogP) is 4.29. The Bertz CT molecular complexity index is 794. The van der Waals surface area contributed by atoms with Crippen LogP contribution in [-0.2, 0) is 12.0 Å². The lowest BCUT2D eigenvalue weighted by Gasteiger charge is -2.38. The second-order valence-electron chi connectivity index (χ2n) is 8.47. The first-order valence-electron chi connectivity index (χ1n) is 9.64. The summed E-state index contributed by atoms with van der Waals surface area (Å²) in [5, 5.41) is 0. The molecule has 2 aliphatic heterocycles. The monoisotopic (exact) mass is 353 g/mol. The van der Waals surface area contributed by atoms with Gasteiger partial charge in [0.25, 0.3) is 0 Å². The maximum atomic E-state index is 13.4. The van der Waals surface area contributed by atoms with Crippen molar-refractivity contribution >= 4 is 5.69 Å². The number of anilines is 1.